The first-order valence-electron chi connectivity index (χ1n) is 25.3. The maximum atomic E-state index is 12.0. The van der Waals surface area contributed by atoms with Crippen molar-refractivity contribution in [2.75, 3.05) is 19.8 Å². The van der Waals surface area contributed by atoms with Gasteiger partial charge in [-0.1, -0.05) is 252 Å². The van der Waals surface area contributed by atoms with Crippen LogP contribution >= 0.6 is 0 Å². The molecule has 4 heteroatoms. The molecule has 0 heterocycles. The van der Waals surface area contributed by atoms with E-state index in [1.54, 1.807) is 0 Å². The Bertz CT molecular complexity index is 892. The summed E-state index contributed by atoms with van der Waals surface area (Å²) in [6.45, 7) is 8.82. The van der Waals surface area contributed by atoms with Crippen LogP contribution in [0.5, 0.6) is 17.2 Å². The van der Waals surface area contributed by atoms with Gasteiger partial charge in [0.05, 0.1) is 19.8 Å². The largest absolute Gasteiger partial charge is 0.490 e. The number of carbonyl (C=O) groups is 1. The summed E-state index contributed by atoms with van der Waals surface area (Å²) in [5, 5.41) is 0. The highest BCUT2D eigenvalue weighted by Crippen LogP contribution is 2.39. The van der Waals surface area contributed by atoms with E-state index in [0.29, 0.717) is 42.6 Å². The number of unbranched alkanes of at least 4 members (excludes halogenated alkanes) is 36. The van der Waals surface area contributed by atoms with Gasteiger partial charge in [-0.3, -0.25) is 4.79 Å². The summed E-state index contributed by atoms with van der Waals surface area (Å²) in [4.78, 5) is 12.0. The standard InChI is InChI=1S/C52H96O4/c1-4-7-10-13-16-19-22-25-28-31-34-37-40-43-54-50-46-49(48-53)47-51(55-44-41-38-35-32-29-26-23-20-17-14-11-8-5-2)52(50)56-45-42-39-36-33-30-27-24-21-18-15-12-9-6-3/h46-48H,4-45H2,1-3H3. The number of hydrogen-bond acceptors (Lipinski definition) is 4. The molecule has 0 radical (unpaired) electrons. The molecule has 0 amide bonds. The molecule has 0 saturated carbocycles. The first kappa shape index (κ1) is 52.3. The van der Waals surface area contributed by atoms with Gasteiger partial charge in [0.25, 0.3) is 0 Å². The highest BCUT2D eigenvalue weighted by molar-refractivity contribution is 5.78. The zero-order valence-corrected chi connectivity index (χ0v) is 38.1. The molecule has 0 fully saturated rings. The van der Waals surface area contributed by atoms with Gasteiger partial charge in [-0.2, -0.15) is 0 Å². The Morgan fingerprint density at radius 3 is 0.768 bits per heavy atom. The van der Waals surface area contributed by atoms with Crippen molar-refractivity contribution in [3.8, 4) is 17.2 Å². The predicted octanol–water partition coefficient (Wildman–Crippen LogP) is 17.9. The molecule has 0 aliphatic rings. The molecule has 1 aromatic rings. The van der Waals surface area contributed by atoms with E-state index in [4.69, 9.17) is 14.2 Å². The van der Waals surface area contributed by atoms with Crippen LogP contribution in [0.3, 0.4) is 0 Å². The predicted molar refractivity (Wildman–Crippen MR) is 245 cm³/mol. The molecule has 0 aliphatic carbocycles. The second-order valence-electron chi connectivity index (χ2n) is 17.2. The van der Waals surface area contributed by atoms with Crippen molar-refractivity contribution in [3.63, 3.8) is 0 Å². The highest BCUT2D eigenvalue weighted by Gasteiger charge is 2.16. The second kappa shape index (κ2) is 42.9. The first-order chi connectivity index (χ1) is 27.8. The van der Waals surface area contributed by atoms with Crippen LogP contribution in [0.1, 0.15) is 282 Å². The molecular weight excluding hydrogens is 689 g/mol. The van der Waals surface area contributed by atoms with Crippen molar-refractivity contribution < 1.29 is 19.0 Å². The van der Waals surface area contributed by atoms with Crippen LogP contribution < -0.4 is 14.2 Å². The quantitative estimate of drug-likeness (QED) is 0.0488. The molecule has 0 saturated heterocycles. The number of benzene rings is 1. The lowest BCUT2D eigenvalue weighted by molar-refractivity contribution is 0.112. The molecule has 0 aromatic heterocycles. The molecule has 1 aromatic carbocycles. The maximum absolute atomic E-state index is 12.0. The molecule has 0 atom stereocenters. The molecule has 0 unspecified atom stereocenters. The maximum Gasteiger partial charge on any atom is 0.203 e. The average Bonchev–Trinajstić information content (AvgIpc) is 3.21. The molecule has 328 valence electrons. The van der Waals surface area contributed by atoms with Crippen LogP contribution in [0, 0.1) is 0 Å². The smallest absolute Gasteiger partial charge is 0.203 e. The van der Waals surface area contributed by atoms with Crippen molar-refractivity contribution in [2.24, 2.45) is 0 Å². The molecular formula is C52H96O4. The zero-order valence-electron chi connectivity index (χ0n) is 38.1. The Hall–Kier alpha value is -1.71. The van der Waals surface area contributed by atoms with Crippen LogP contribution in [0.15, 0.2) is 12.1 Å². The van der Waals surface area contributed by atoms with Crippen molar-refractivity contribution in [3.05, 3.63) is 17.7 Å². The van der Waals surface area contributed by atoms with Crippen molar-refractivity contribution in [2.45, 2.75) is 271 Å². The average molecular weight is 785 g/mol. The van der Waals surface area contributed by atoms with Gasteiger partial charge in [0.15, 0.2) is 11.5 Å². The molecule has 0 bridgehead atoms. The van der Waals surface area contributed by atoms with Crippen LogP contribution in [0.25, 0.3) is 0 Å². The molecule has 0 aliphatic heterocycles. The van der Waals surface area contributed by atoms with Gasteiger partial charge in [-0.05, 0) is 31.4 Å². The molecule has 1 rings (SSSR count). The number of ether oxygens (including phenoxy) is 3. The Morgan fingerprint density at radius 2 is 0.536 bits per heavy atom. The lowest BCUT2D eigenvalue weighted by atomic mass is 10.0. The van der Waals surface area contributed by atoms with E-state index >= 15 is 0 Å². The summed E-state index contributed by atoms with van der Waals surface area (Å²) >= 11 is 0. The van der Waals surface area contributed by atoms with Gasteiger partial charge in [-0.15, -0.1) is 0 Å². The van der Waals surface area contributed by atoms with Gasteiger partial charge >= 0.3 is 0 Å². The van der Waals surface area contributed by atoms with Gasteiger partial charge in [0, 0.05) is 5.56 Å². The van der Waals surface area contributed by atoms with Gasteiger partial charge < -0.3 is 14.2 Å². The summed E-state index contributed by atoms with van der Waals surface area (Å²) in [5.41, 5.74) is 0.596. The molecule has 0 N–H and O–H groups in total. The van der Waals surface area contributed by atoms with Crippen molar-refractivity contribution >= 4 is 6.29 Å². The Kier molecular flexibility index (Phi) is 40.1. The number of hydrogen-bond donors (Lipinski definition) is 0. The summed E-state index contributed by atoms with van der Waals surface area (Å²) in [6, 6.07) is 3.71. The minimum Gasteiger partial charge on any atom is -0.490 e. The van der Waals surface area contributed by atoms with Gasteiger partial charge in [0.1, 0.15) is 6.29 Å². The van der Waals surface area contributed by atoms with Crippen LogP contribution in [0.4, 0.5) is 0 Å². The van der Waals surface area contributed by atoms with Crippen LogP contribution in [0.2, 0.25) is 0 Å². The van der Waals surface area contributed by atoms with E-state index < -0.39 is 0 Å². The van der Waals surface area contributed by atoms with E-state index in [1.165, 1.54) is 231 Å². The summed E-state index contributed by atoms with van der Waals surface area (Å²) in [6.07, 6.45) is 52.9. The van der Waals surface area contributed by atoms with Crippen LogP contribution in [-0.4, -0.2) is 26.1 Å². The third-order valence-electron chi connectivity index (χ3n) is 11.7. The zero-order chi connectivity index (χ0) is 40.3. The summed E-state index contributed by atoms with van der Waals surface area (Å²) in [7, 11) is 0. The number of carbonyl (C=O) groups excluding carboxylic acids is 1. The van der Waals surface area contributed by atoms with E-state index in [0.717, 1.165) is 25.5 Å². The van der Waals surface area contributed by atoms with E-state index in [9.17, 15) is 4.79 Å². The Labute approximate surface area is 350 Å². The van der Waals surface area contributed by atoms with Gasteiger partial charge in [0.2, 0.25) is 5.75 Å². The van der Waals surface area contributed by atoms with Gasteiger partial charge in [-0.25, -0.2) is 0 Å². The minimum atomic E-state index is 0.596. The summed E-state index contributed by atoms with van der Waals surface area (Å²) < 4.78 is 19.1. The Morgan fingerprint density at radius 1 is 0.321 bits per heavy atom. The minimum absolute atomic E-state index is 0.596. The lowest BCUT2D eigenvalue weighted by Crippen LogP contribution is -2.07. The van der Waals surface area contributed by atoms with E-state index in [2.05, 4.69) is 20.8 Å². The highest BCUT2D eigenvalue weighted by atomic mass is 16.5. The van der Waals surface area contributed by atoms with E-state index in [1.807, 2.05) is 12.1 Å². The normalized spacial score (nSPS) is 11.3. The lowest BCUT2D eigenvalue weighted by Gasteiger charge is -2.18. The summed E-state index contributed by atoms with van der Waals surface area (Å²) in [5.74, 6) is 2.03. The topological polar surface area (TPSA) is 44.8 Å². The van der Waals surface area contributed by atoms with Crippen LogP contribution in [-0.2, 0) is 0 Å². The van der Waals surface area contributed by atoms with Crippen molar-refractivity contribution in [1.29, 1.82) is 0 Å². The third-order valence-corrected chi connectivity index (χ3v) is 11.7. The number of rotatable bonds is 46. The molecule has 4 nitrogen and oxygen atoms in total. The molecule has 0 spiro atoms. The number of aldehydes is 1. The van der Waals surface area contributed by atoms with Crippen molar-refractivity contribution in [1.82, 2.24) is 0 Å². The molecule has 56 heavy (non-hydrogen) atoms. The fourth-order valence-electron chi connectivity index (χ4n) is 7.92. The monoisotopic (exact) mass is 785 g/mol. The second-order valence-corrected chi connectivity index (χ2v) is 17.2. The fourth-order valence-corrected chi connectivity index (χ4v) is 7.92. The third kappa shape index (κ3) is 33.3. The Balaban J connectivity index is 2.46. The fraction of sp³-hybridized carbons (Fsp3) is 0.865. The SMILES string of the molecule is CCCCCCCCCCCCCCCOc1cc(C=O)cc(OCCCCCCCCCCCCCCC)c1OCCCCCCCCCCCCCCC. The first-order valence-corrected chi connectivity index (χ1v) is 25.3. The van der Waals surface area contributed by atoms with E-state index in [-0.39, 0.29) is 0 Å².